The van der Waals surface area contributed by atoms with Crippen molar-refractivity contribution in [3.8, 4) is 11.8 Å². The maximum atomic E-state index is 13.6. The third kappa shape index (κ3) is 4.51. The van der Waals surface area contributed by atoms with E-state index in [9.17, 15) is 13.6 Å². The van der Waals surface area contributed by atoms with Gasteiger partial charge in [-0.3, -0.25) is 4.79 Å². The third-order valence-electron chi connectivity index (χ3n) is 3.16. The highest BCUT2D eigenvalue weighted by Crippen LogP contribution is 2.17. The van der Waals surface area contributed by atoms with Gasteiger partial charge < -0.3 is 10.1 Å². The molecule has 23 heavy (non-hydrogen) atoms. The van der Waals surface area contributed by atoms with Gasteiger partial charge in [-0.1, -0.05) is 6.07 Å². The summed E-state index contributed by atoms with van der Waals surface area (Å²) in [5.74, 6) is -1.38. The Morgan fingerprint density at radius 1 is 1.26 bits per heavy atom. The van der Waals surface area contributed by atoms with Crippen LogP contribution >= 0.6 is 0 Å². The van der Waals surface area contributed by atoms with E-state index in [-0.39, 0.29) is 12.2 Å². The fourth-order valence-electron chi connectivity index (χ4n) is 1.99. The molecule has 0 spiro atoms. The zero-order valence-corrected chi connectivity index (χ0v) is 12.3. The van der Waals surface area contributed by atoms with E-state index in [1.807, 2.05) is 6.07 Å². The molecule has 0 aliphatic rings. The minimum atomic E-state index is -0.717. The number of amides is 1. The fraction of sp³-hybridized carbons (Fsp3) is 0.176. The maximum absolute atomic E-state index is 13.6. The number of halogens is 2. The monoisotopic (exact) mass is 316 g/mol. The maximum Gasteiger partial charge on any atom is 0.258 e. The fourth-order valence-corrected chi connectivity index (χ4v) is 1.99. The first-order chi connectivity index (χ1) is 11.0. The van der Waals surface area contributed by atoms with Gasteiger partial charge in [0.15, 0.2) is 6.61 Å². The summed E-state index contributed by atoms with van der Waals surface area (Å²) >= 11 is 0. The van der Waals surface area contributed by atoms with Crippen LogP contribution in [0.25, 0.3) is 0 Å². The van der Waals surface area contributed by atoms with Crippen molar-refractivity contribution in [1.82, 2.24) is 5.32 Å². The van der Waals surface area contributed by atoms with Gasteiger partial charge in [-0.15, -0.1) is 0 Å². The molecule has 1 atom stereocenters. The molecule has 2 rings (SSSR count). The van der Waals surface area contributed by atoms with Crippen molar-refractivity contribution in [3.05, 3.63) is 65.2 Å². The molecular weight excluding hydrogens is 302 g/mol. The van der Waals surface area contributed by atoms with E-state index in [1.165, 1.54) is 6.07 Å². The molecule has 0 heterocycles. The minimum absolute atomic E-state index is 0.193. The third-order valence-corrected chi connectivity index (χ3v) is 3.16. The van der Waals surface area contributed by atoms with Gasteiger partial charge in [0.25, 0.3) is 5.91 Å². The van der Waals surface area contributed by atoms with Gasteiger partial charge in [-0.05, 0) is 37.3 Å². The Labute approximate surface area is 132 Å². The zero-order valence-electron chi connectivity index (χ0n) is 12.3. The Balaban J connectivity index is 1.89. The SMILES string of the molecule is C[C@@H](NC(=O)COc1ccc(C#N)cc1)c1ccc(F)cc1F. The number of hydrogen-bond donors (Lipinski definition) is 1. The van der Waals surface area contributed by atoms with Crippen LogP contribution < -0.4 is 10.1 Å². The van der Waals surface area contributed by atoms with Gasteiger partial charge in [-0.25, -0.2) is 8.78 Å². The van der Waals surface area contributed by atoms with Crippen molar-refractivity contribution in [3.63, 3.8) is 0 Å². The van der Waals surface area contributed by atoms with Crippen molar-refractivity contribution in [2.45, 2.75) is 13.0 Å². The molecule has 0 aliphatic carbocycles. The number of nitrogens with one attached hydrogen (secondary N) is 1. The van der Waals surface area contributed by atoms with Gasteiger partial charge in [0.05, 0.1) is 17.7 Å². The first-order valence-electron chi connectivity index (χ1n) is 6.87. The van der Waals surface area contributed by atoms with Gasteiger partial charge in [-0.2, -0.15) is 5.26 Å². The largest absolute Gasteiger partial charge is 0.484 e. The van der Waals surface area contributed by atoms with Crippen LogP contribution in [0.5, 0.6) is 5.75 Å². The van der Waals surface area contributed by atoms with Gasteiger partial charge in [0.1, 0.15) is 17.4 Å². The molecule has 2 aromatic rings. The van der Waals surface area contributed by atoms with Crippen LogP contribution in [-0.2, 0) is 4.79 Å². The number of benzene rings is 2. The van der Waals surface area contributed by atoms with Crippen molar-refractivity contribution in [2.75, 3.05) is 6.61 Å². The number of ether oxygens (including phenoxy) is 1. The summed E-state index contributed by atoms with van der Waals surface area (Å²) in [7, 11) is 0. The van der Waals surface area contributed by atoms with Gasteiger partial charge >= 0.3 is 0 Å². The minimum Gasteiger partial charge on any atom is -0.484 e. The van der Waals surface area contributed by atoms with E-state index in [4.69, 9.17) is 10.00 Å². The van der Waals surface area contributed by atoms with Crippen LogP contribution in [0, 0.1) is 23.0 Å². The highest BCUT2D eigenvalue weighted by atomic mass is 19.1. The first-order valence-corrected chi connectivity index (χ1v) is 6.87. The molecule has 0 saturated heterocycles. The molecule has 6 heteroatoms. The molecule has 0 unspecified atom stereocenters. The number of nitriles is 1. The standard InChI is InChI=1S/C17H14F2N2O2/c1-11(15-7-4-13(18)8-16(15)19)21-17(22)10-23-14-5-2-12(9-20)3-6-14/h2-8,11H,10H2,1H3,(H,21,22)/t11-/m1/s1. The van der Waals surface area contributed by atoms with Crippen molar-refractivity contribution >= 4 is 5.91 Å². The number of rotatable bonds is 5. The molecule has 0 radical (unpaired) electrons. The van der Waals surface area contributed by atoms with Crippen molar-refractivity contribution in [2.24, 2.45) is 0 Å². The summed E-state index contributed by atoms with van der Waals surface area (Å²) in [6, 6.07) is 10.9. The number of nitrogens with zero attached hydrogens (tertiary/aromatic N) is 1. The molecule has 0 fully saturated rings. The van der Waals surface area contributed by atoms with Crippen LogP contribution in [0.15, 0.2) is 42.5 Å². The second kappa shape index (κ2) is 7.36. The normalized spacial score (nSPS) is 11.4. The van der Waals surface area contributed by atoms with Crippen LogP contribution in [-0.4, -0.2) is 12.5 Å². The number of carbonyl (C=O) groups excluding carboxylic acids is 1. The summed E-state index contributed by atoms with van der Waals surface area (Å²) in [5, 5.41) is 11.3. The molecule has 4 nitrogen and oxygen atoms in total. The lowest BCUT2D eigenvalue weighted by molar-refractivity contribution is -0.123. The van der Waals surface area contributed by atoms with Crippen LogP contribution in [0.4, 0.5) is 8.78 Å². The van der Waals surface area contributed by atoms with Crippen molar-refractivity contribution in [1.29, 1.82) is 5.26 Å². The average molecular weight is 316 g/mol. The van der Waals surface area contributed by atoms with Gasteiger partial charge in [0, 0.05) is 11.6 Å². The van der Waals surface area contributed by atoms with E-state index >= 15 is 0 Å². The highest BCUT2D eigenvalue weighted by molar-refractivity contribution is 5.78. The first kappa shape index (κ1) is 16.4. The molecule has 1 amide bonds. The van der Waals surface area contributed by atoms with Gasteiger partial charge in [0.2, 0.25) is 0 Å². The quantitative estimate of drug-likeness (QED) is 0.922. The Hall–Kier alpha value is -2.94. The summed E-state index contributed by atoms with van der Waals surface area (Å²) in [6.07, 6.45) is 0. The Morgan fingerprint density at radius 2 is 1.96 bits per heavy atom. The molecule has 118 valence electrons. The van der Waals surface area contributed by atoms with Crippen molar-refractivity contribution < 1.29 is 18.3 Å². The molecule has 0 aliphatic heterocycles. The van der Waals surface area contributed by atoms with E-state index in [0.717, 1.165) is 12.1 Å². The van der Waals surface area contributed by atoms with Crippen LogP contribution in [0.3, 0.4) is 0 Å². The smallest absolute Gasteiger partial charge is 0.258 e. The lowest BCUT2D eigenvalue weighted by Crippen LogP contribution is -2.31. The summed E-state index contributed by atoms with van der Waals surface area (Å²) in [6.45, 7) is 1.34. The zero-order chi connectivity index (χ0) is 16.8. The van der Waals surface area contributed by atoms with E-state index < -0.39 is 23.6 Å². The molecule has 0 saturated carbocycles. The number of hydrogen-bond acceptors (Lipinski definition) is 3. The predicted molar refractivity (Wildman–Crippen MR) is 79.6 cm³/mol. The molecule has 2 aromatic carbocycles. The Morgan fingerprint density at radius 3 is 2.57 bits per heavy atom. The highest BCUT2D eigenvalue weighted by Gasteiger charge is 2.14. The lowest BCUT2D eigenvalue weighted by Gasteiger charge is -2.15. The topological polar surface area (TPSA) is 62.1 Å². The molecule has 1 N–H and O–H groups in total. The second-order valence-electron chi connectivity index (χ2n) is 4.88. The summed E-state index contributed by atoms with van der Waals surface area (Å²) in [4.78, 5) is 11.8. The second-order valence-corrected chi connectivity index (χ2v) is 4.88. The molecule has 0 aromatic heterocycles. The van der Waals surface area contributed by atoms with Crippen LogP contribution in [0.1, 0.15) is 24.1 Å². The lowest BCUT2D eigenvalue weighted by atomic mass is 10.1. The van der Waals surface area contributed by atoms with E-state index in [1.54, 1.807) is 31.2 Å². The average Bonchev–Trinajstić information content (AvgIpc) is 2.53. The van der Waals surface area contributed by atoms with E-state index in [0.29, 0.717) is 11.3 Å². The molecular formula is C17H14F2N2O2. The Kier molecular flexibility index (Phi) is 5.26. The van der Waals surface area contributed by atoms with E-state index in [2.05, 4.69) is 5.32 Å². The number of carbonyl (C=O) groups is 1. The van der Waals surface area contributed by atoms with Crippen LogP contribution in [0.2, 0.25) is 0 Å². The predicted octanol–water partition coefficient (Wildman–Crippen LogP) is 3.09. The summed E-state index contributed by atoms with van der Waals surface area (Å²) in [5.41, 5.74) is 0.681. The summed E-state index contributed by atoms with van der Waals surface area (Å²) < 4.78 is 31.8. The molecule has 0 bridgehead atoms. The Bertz CT molecular complexity index is 739.